The average Bonchev–Trinajstić information content (AvgIpc) is 3.38. The number of nitrogens with two attached hydrogens (primary N) is 1. The molecule has 2 aliphatic heterocycles. The first-order valence-corrected chi connectivity index (χ1v) is 14.2. The van der Waals surface area contributed by atoms with Crippen molar-refractivity contribution in [2.24, 2.45) is 5.73 Å². The maximum Gasteiger partial charge on any atom is 0.406 e. The molecular formula is C27H32Cl3N5O5. The fraction of sp³-hybridized carbons (Fsp3) is 0.444. The Kier molecular flexibility index (Phi) is 10.7. The second-order valence-corrected chi connectivity index (χ2v) is 10.9. The number of halogens is 3. The molecular weight excluding hydrogens is 581 g/mol. The van der Waals surface area contributed by atoms with E-state index in [2.05, 4.69) is 15.1 Å². The second kappa shape index (κ2) is 14.2. The van der Waals surface area contributed by atoms with E-state index >= 15 is 0 Å². The van der Waals surface area contributed by atoms with E-state index in [9.17, 15) is 14.4 Å². The Hall–Kier alpha value is -2.76. The van der Waals surface area contributed by atoms with Crippen LogP contribution in [-0.2, 0) is 16.1 Å². The van der Waals surface area contributed by atoms with Crippen molar-refractivity contribution in [2.75, 3.05) is 52.4 Å². The Balaban J connectivity index is 1.23. The molecule has 0 spiro atoms. The molecule has 0 saturated carbocycles. The number of hydrogen-bond donors (Lipinski definition) is 2. The number of rotatable bonds is 10. The molecule has 40 heavy (non-hydrogen) atoms. The number of nitrogens with zero attached hydrogens (tertiary/aromatic N) is 3. The van der Waals surface area contributed by atoms with Gasteiger partial charge in [0.05, 0.1) is 15.6 Å². The number of carbonyl (C=O) groups is 3. The predicted octanol–water partition coefficient (Wildman–Crippen LogP) is 3.62. The van der Waals surface area contributed by atoms with Gasteiger partial charge in [0.25, 0.3) is 11.8 Å². The molecule has 4 rings (SSSR count). The summed E-state index contributed by atoms with van der Waals surface area (Å²) in [6.07, 6.45) is -0.467. The van der Waals surface area contributed by atoms with Gasteiger partial charge < -0.3 is 25.4 Å². The molecule has 2 heterocycles. The SMILES string of the molecule is NC(=O)OC1CCCN1C(=O)COc1cc(Cl)ccc1C(=O)NCCN1CCN(Cc2ccc(Cl)c(Cl)c2)CC1. The number of nitrogens with one attached hydrogen (secondary N) is 1. The lowest BCUT2D eigenvalue weighted by atomic mass is 10.2. The summed E-state index contributed by atoms with van der Waals surface area (Å²) in [7, 11) is 0. The van der Waals surface area contributed by atoms with Gasteiger partial charge in [-0.1, -0.05) is 40.9 Å². The van der Waals surface area contributed by atoms with Crippen LogP contribution in [0.15, 0.2) is 36.4 Å². The van der Waals surface area contributed by atoms with E-state index in [1.807, 2.05) is 18.2 Å². The van der Waals surface area contributed by atoms with Gasteiger partial charge in [0.15, 0.2) is 12.8 Å². The summed E-state index contributed by atoms with van der Waals surface area (Å²) >= 11 is 18.3. The number of likely N-dealkylation sites (tertiary alicyclic amines) is 1. The lowest BCUT2D eigenvalue weighted by Crippen LogP contribution is -2.48. The third-order valence-electron chi connectivity index (χ3n) is 6.88. The zero-order valence-electron chi connectivity index (χ0n) is 21.9. The number of benzene rings is 2. The zero-order chi connectivity index (χ0) is 28.6. The van der Waals surface area contributed by atoms with E-state index in [1.54, 1.807) is 12.1 Å². The standard InChI is InChI=1S/C27H32Cl3N5O5/c28-19-4-5-20(23(15-19)39-17-24(36)35-8-1-2-25(35)40-27(31)38)26(37)32-7-9-33-10-12-34(13-11-33)16-18-3-6-21(29)22(30)14-18/h3-6,14-15,25H,1-2,7-13,16-17H2,(H2,31,38)(H,32,37). The number of ether oxygens (including phenoxy) is 2. The van der Waals surface area contributed by atoms with Crippen LogP contribution in [0, 0.1) is 0 Å². The van der Waals surface area contributed by atoms with Crippen LogP contribution < -0.4 is 15.8 Å². The smallest absolute Gasteiger partial charge is 0.406 e. The van der Waals surface area contributed by atoms with Crippen LogP contribution in [0.4, 0.5) is 4.79 Å². The molecule has 2 fully saturated rings. The van der Waals surface area contributed by atoms with Crippen LogP contribution in [0.1, 0.15) is 28.8 Å². The first-order chi connectivity index (χ1) is 19.2. The molecule has 1 unspecified atom stereocenters. The van der Waals surface area contributed by atoms with Crippen molar-refractivity contribution >= 4 is 52.7 Å². The van der Waals surface area contributed by atoms with Gasteiger partial charge in [0.1, 0.15) is 5.75 Å². The number of hydrogen-bond acceptors (Lipinski definition) is 7. The van der Waals surface area contributed by atoms with E-state index in [1.165, 1.54) is 11.0 Å². The van der Waals surface area contributed by atoms with Gasteiger partial charge in [-0.3, -0.25) is 19.4 Å². The van der Waals surface area contributed by atoms with Crippen molar-refractivity contribution < 1.29 is 23.9 Å². The summed E-state index contributed by atoms with van der Waals surface area (Å²) in [5, 5.41) is 4.41. The molecule has 10 nitrogen and oxygen atoms in total. The topological polar surface area (TPSA) is 117 Å². The van der Waals surface area contributed by atoms with Gasteiger partial charge in [-0.25, -0.2) is 4.79 Å². The number of piperazine rings is 1. The van der Waals surface area contributed by atoms with Gasteiger partial charge in [-0.2, -0.15) is 0 Å². The minimum absolute atomic E-state index is 0.195. The molecule has 0 bridgehead atoms. The lowest BCUT2D eigenvalue weighted by molar-refractivity contribution is -0.140. The van der Waals surface area contributed by atoms with E-state index in [0.717, 1.165) is 38.3 Å². The molecule has 13 heteroatoms. The molecule has 2 aromatic carbocycles. The molecule has 2 aliphatic rings. The molecule has 2 aromatic rings. The fourth-order valence-electron chi connectivity index (χ4n) is 4.79. The van der Waals surface area contributed by atoms with E-state index in [0.29, 0.717) is 47.5 Å². The van der Waals surface area contributed by atoms with Crippen LogP contribution in [0.25, 0.3) is 0 Å². The van der Waals surface area contributed by atoms with Gasteiger partial charge in [0, 0.05) is 63.8 Å². The van der Waals surface area contributed by atoms with Crippen LogP contribution in [0.5, 0.6) is 5.75 Å². The molecule has 0 aliphatic carbocycles. The van der Waals surface area contributed by atoms with Crippen molar-refractivity contribution in [3.8, 4) is 5.75 Å². The molecule has 3 N–H and O–H groups in total. The highest BCUT2D eigenvalue weighted by Gasteiger charge is 2.31. The number of amides is 3. The Morgan fingerprint density at radius 2 is 1.70 bits per heavy atom. The Morgan fingerprint density at radius 3 is 2.42 bits per heavy atom. The highest BCUT2D eigenvalue weighted by molar-refractivity contribution is 6.42. The van der Waals surface area contributed by atoms with Crippen molar-refractivity contribution in [1.82, 2.24) is 20.0 Å². The third kappa shape index (κ3) is 8.37. The molecule has 216 valence electrons. The van der Waals surface area contributed by atoms with Crippen LogP contribution in [-0.4, -0.2) is 91.3 Å². The maximum atomic E-state index is 13.0. The molecule has 1 atom stereocenters. The van der Waals surface area contributed by atoms with Crippen LogP contribution >= 0.6 is 34.8 Å². The van der Waals surface area contributed by atoms with E-state index in [4.69, 9.17) is 50.0 Å². The molecule has 0 aromatic heterocycles. The first-order valence-electron chi connectivity index (χ1n) is 13.0. The van der Waals surface area contributed by atoms with E-state index < -0.39 is 12.3 Å². The fourth-order valence-corrected chi connectivity index (χ4v) is 5.28. The highest BCUT2D eigenvalue weighted by Crippen LogP contribution is 2.25. The minimum atomic E-state index is -0.940. The van der Waals surface area contributed by atoms with E-state index in [-0.39, 0.29) is 29.7 Å². The van der Waals surface area contributed by atoms with Crippen molar-refractivity contribution in [2.45, 2.75) is 25.6 Å². The van der Waals surface area contributed by atoms with Gasteiger partial charge in [0.2, 0.25) is 0 Å². The summed E-state index contributed by atoms with van der Waals surface area (Å²) in [5.41, 5.74) is 6.49. The molecule has 0 radical (unpaired) electrons. The zero-order valence-corrected chi connectivity index (χ0v) is 24.2. The van der Waals surface area contributed by atoms with Crippen molar-refractivity contribution in [3.05, 3.63) is 62.6 Å². The monoisotopic (exact) mass is 611 g/mol. The Bertz CT molecular complexity index is 1230. The first kappa shape index (κ1) is 30.2. The quantitative estimate of drug-likeness (QED) is 0.421. The van der Waals surface area contributed by atoms with Gasteiger partial charge in [-0.15, -0.1) is 0 Å². The Morgan fingerprint density at radius 1 is 0.950 bits per heavy atom. The lowest BCUT2D eigenvalue weighted by Gasteiger charge is -2.34. The maximum absolute atomic E-state index is 13.0. The normalized spacial score (nSPS) is 18.0. The summed E-state index contributed by atoms with van der Waals surface area (Å²) < 4.78 is 10.7. The summed E-state index contributed by atoms with van der Waals surface area (Å²) in [4.78, 5) is 42.8. The third-order valence-corrected chi connectivity index (χ3v) is 7.85. The largest absolute Gasteiger partial charge is 0.483 e. The van der Waals surface area contributed by atoms with Crippen molar-refractivity contribution in [1.29, 1.82) is 0 Å². The van der Waals surface area contributed by atoms with Crippen LogP contribution in [0.2, 0.25) is 15.1 Å². The molecule has 2 saturated heterocycles. The van der Waals surface area contributed by atoms with Crippen molar-refractivity contribution in [3.63, 3.8) is 0 Å². The summed E-state index contributed by atoms with van der Waals surface area (Å²) in [6, 6.07) is 10.4. The number of primary amides is 1. The summed E-state index contributed by atoms with van der Waals surface area (Å²) in [6.45, 7) is 5.60. The predicted molar refractivity (Wildman–Crippen MR) is 153 cm³/mol. The second-order valence-electron chi connectivity index (χ2n) is 9.67. The molecule has 3 amide bonds. The average molecular weight is 613 g/mol. The highest BCUT2D eigenvalue weighted by atomic mass is 35.5. The van der Waals surface area contributed by atoms with Gasteiger partial charge in [-0.05, 0) is 42.3 Å². The van der Waals surface area contributed by atoms with Crippen LogP contribution in [0.3, 0.4) is 0 Å². The summed E-state index contributed by atoms with van der Waals surface area (Å²) in [5.74, 6) is -0.511. The number of carbonyl (C=O) groups excluding carboxylic acids is 3. The van der Waals surface area contributed by atoms with Gasteiger partial charge >= 0.3 is 6.09 Å². The minimum Gasteiger partial charge on any atom is -0.483 e. The Labute approximate surface area is 248 Å².